The van der Waals surface area contributed by atoms with Gasteiger partial charge in [0.15, 0.2) is 0 Å². The van der Waals surface area contributed by atoms with Crippen LogP contribution in [0.4, 0.5) is 0 Å². The molecule has 1 aromatic heterocycles. The summed E-state index contributed by atoms with van der Waals surface area (Å²) in [5.74, 6) is -2.39. The van der Waals surface area contributed by atoms with Crippen molar-refractivity contribution in [3.05, 3.63) is 39.6 Å². The number of carbonyl (C=O) groups excluding carboxylic acids is 2. The number of benzene rings is 1. The first kappa shape index (κ1) is 21.8. The summed E-state index contributed by atoms with van der Waals surface area (Å²) < 4.78 is 16.9. The SMILES string of the molecule is Cc1onc(-c2c(Cl)cccc2Cl)c1C(=O)N[C@@H]1C(=O)N2[C@@H]1S(=O)C(C)(C)[C@@H]2C(=O)O. The summed E-state index contributed by atoms with van der Waals surface area (Å²) in [6.07, 6.45) is 0. The van der Waals surface area contributed by atoms with Crippen molar-refractivity contribution in [1.29, 1.82) is 0 Å². The van der Waals surface area contributed by atoms with Crippen LogP contribution in [0.5, 0.6) is 0 Å². The van der Waals surface area contributed by atoms with Gasteiger partial charge in [0.1, 0.15) is 34.5 Å². The lowest BCUT2D eigenvalue weighted by Gasteiger charge is -2.43. The van der Waals surface area contributed by atoms with Gasteiger partial charge in [0, 0.05) is 5.56 Å². The number of nitrogens with zero attached hydrogens (tertiary/aromatic N) is 2. The number of aliphatic carboxylic acids is 1. The van der Waals surface area contributed by atoms with Gasteiger partial charge in [-0.1, -0.05) is 34.4 Å². The van der Waals surface area contributed by atoms with Crippen LogP contribution in [0.2, 0.25) is 10.0 Å². The topological polar surface area (TPSA) is 130 Å². The average molecular weight is 486 g/mol. The molecule has 0 bridgehead atoms. The molecule has 2 fully saturated rings. The standard InChI is InChI=1S/C19H17Cl2N3O6S/c1-7-10(12(23-30-7)11-8(20)5-4-6-9(11)21)15(25)22-13-16(26)24-14(18(27)28)19(2,3)31(29)17(13)24/h4-6,13-14,17H,1-3H3,(H,22,25)(H,27,28)/t13-,14+,17-,31?/m1/s1. The van der Waals surface area contributed by atoms with Gasteiger partial charge in [-0.3, -0.25) is 13.8 Å². The number of carboxylic acid groups (broad SMARTS) is 1. The van der Waals surface area contributed by atoms with Crippen LogP contribution in [0.3, 0.4) is 0 Å². The van der Waals surface area contributed by atoms with E-state index in [9.17, 15) is 23.7 Å². The Morgan fingerprint density at radius 3 is 2.48 bits per heavy atom. The summed E-state index contributed by atoms with van der Waals surface area (Å²) in [6, 6.07) is 2.42. The minimum atomic E-state index is -1.71. The molecule has 12 heteroatoms. The fourth-order valence-electron chi connectivity index (χ4n) is 4.04. The molecule has 2 saturated heterocycles. The Morgan fingerprint density at radius 2 is 1.90 bits per heavy atom. The van der Waals surface area contributed by atoms with E-state index in [0.717, 1.165) is 4.90 Å². The highest BCUT2D eigenvalue weighted by Crippen LogP contribution is 2.44. The Hall–Kier alpha value is -2.43. The first-order valence-electron chi connectivity index (χ1n) is 9.15. The molecule has 0 saturated carbocycles. The number of hydrogen-bond donors (Lipinski definition) is 2. The zero-order valence-electron chi connectivity index (χ0n) is 16.5. The van der Waals surface area contributed by atoms with Gasteiger partial charge in [-0.15, -0.1) is 0 Å². The smallest absolute Gasteiger partial charge is 0.328 e. The first-order chi connectivity index (χ1) is 14.5. The number of rotatable bonds is 4. The number of nitrogens with one attached hydrogen (secondary N) is 1. The number of carbonyl (C=O) groups is 3. The highest BCUT2D eigenvalue weighted by Gasteiger charge is 2.68. The molecule has 3 heterocycles. The van der Waals surface area contributed by atoms with Crippen LogP contribution >= 0.6 is 23.2 Å². The van der Waals surface area contributed by atoms with Crippen LogP contribution in [0.25, 0.3) is 11.3 Å². The van der Waals surface area contributed by atoms with E-state index >= 15 is 0 Å². The number of carboxylic acids is 1. The molecule has 1 unspecified atom stereocenters. The molecule has 1 aromatic carbocycles. The van der Waals surface area contributed by atoms with Crippen LogP contribution < -0.4 is 5.32 Å². The van der Waals surface area contributed by atoms with Crippen LogP contribution in [-0.4, -0.2) is 59.4 Å². The van der Waals surface area contributed by atoms with Gasteiger partial charge in [0.05, 0.1) is 25.6 Å². The van der Waals surface area contributed by atoms with Crippen molar-refractivity contribution in [3.8, 4) is 11.3 Å². The summed E-state index contributed by atoms with van der Waals surface area (Å²) >= 11 is 12.5. The largest absolute Gasteiger partial charge is 0.480 e. The average Bonchev–Trinajstić information content (AvgIpc) is 3.14. The maximum atomic E-state index is 13.1. The molecule has 4 atom stereocenters. The molecule has 2 aliphatic heterocycles. The van der Waals surface area contributed by atoms with Crippen LogP contribution in [0, 0.1) is 6.92 Å². The molecular weight excluding hydrogens is 469 g/mol. The molecule has 0 spiro atoms. The van der Waals surface area contributed by atoms with Gasteiger partial charge < -0.3 is 19.8 Å². The minimum Gasteiger partial charge on any atom is -0.480 e. The quantitative estimate of drug-likeness (QED) is 0.634. The first-order valence-corrected chi connectivity index (χ1v) is 11.1. The van der Waals surface area contributed by atoms with Gasteiger partial charge in [0.2, 0.25) is 5.91 Å². The second-order valence-corrected chi connectivity index (χ2v) is 10.7. The lowest BCUT2D eigenvalue weighted by atomic mass is 9.95. The lowest BCUT2D eigenvalue weighted by Crippen LogP contribution is -2.71. The van der Waals surface area contributed by atoms with Crippen molar-refractivity contribution in [3.63, 3.8) is 0 Å². The molecule has 164 valence electrons. The van der Waals surface area contributed by atoms with Gasteiger partial charge in [-0.25, -0.2) is 4.79 Å². The van der Waals surface area contributed by atoms with Crippen molar-refractivity contribution in [2.45, 2.75) is 43.0 Å². The van der Waals surface area contributed by atoms with E-state index in [1.54, 1.807) is 18.2 Å². The highest BCUT2D eigenvalue weighted by atomic mass is 35.5. The van der Waals surface area contributed by atoms with Gasteiger partial charge >= 0.3 is 5.97 Å². The Labute approximate surface area is 189 Å². The van der Waals surface area contributed by atoms with E-state index in [2.05, 4.69) is 10.5 Å². The second kappa shape index (κ2) is 7.32. The summed E-state index contributed by atoms with van der Waals surface area (Å²) in [5, 5.41) is 15.5. The van der Waals surface area contributed by atoms with Gasteiger partial charge in [-0.2, -0.15) is 0 Å². The molecule has 31 heavy (non-hydrogen) atoms. The third-order valence-electron chi connectivity index (χ3n) is 5.56. The zero-order chi connectivity index (χ0) is 22.8. The summed E-state index contributed by atoms with van der Waals surface area (Å²) in [6.45, 7) is 4.56. The molecule has 2 amide bonds. The van der Waals surface area contributed by atoms with E-state index < -0.39 is 50.8 Å². The Morgan fingerprint density at radius 1 is 1.29 bits per heavy atom. The normalized spacial score (nSPS) is 26.4. The fraction of sp³-hybridized carbons (Fsp3) is 0.368. The van der Waals surface area contributed by atoms with E-state index in [1.165, 1.54) is 20.8 Å². The molecular formula is C19H17Cl2N3O6S. The number of aromatic nitrogens is 1. The predicted molar refractivity (Wildman–Crippen MR) is 112 cm³/mol. The third-order valence-corrected chi connectivity index (χ3v) is 8.39. The number of amides is 2. The summed E-state index contributed by atoms with van der Waals surface area (Å²) in [7, 11) is -1.71. The van der Waals surface area contributed by atoms with Crippen LogP contribution in [0.15, 0.2) is 22.7 Å². The lowest BCUT2D eigenvalue weighted by molar-refractivity contribution is -0.159. The van der Waals surface area contributed by atoms with Crippen LogP contribution in [0.1, 0.15) is 30.0 Å². The molecule has 0 radical (unpaired) electrons. The van der Waals surface area contributed by atoms with E-state index in [-0.39, 0.29) is 27.1 Å². The zero-order valence-corrected chi connectivity index (χ0v) is 18.8. The number of hydrogen-bond acceptors (Lipinski definition) is 6. The van der Waals surface area contributed by atoms with Crippen molar-refractivity contribution in [2.24, 2.45) is 0 Å². The molecule has 0 aliphatic carbocycles. The van der Waals surface area contributed by atoms with E-state index in [0.29, 0.717) is 5.56 Å². The molecule has 2 aromatic rings. The van der Waals surface area contributed by atoms with Crippen molar-refractivity contribution in [2.75, 3.05) is 0 Å². The molecule has 9 nitrogen and oxygen atoms in total. The van der Waals surface area contributed by atoms with Gasteiger partial charge in [-0.05, 0) is 32.9 Å². The number of β-lactam (4-membered cyclic amide) rings is 1. The third kappa shape index (κ3) is 3.07. The van der Waals surface area contributed by atoms with Crippen molar-refractivity contribution >= 4 is 51.8 Å². The van der Waals surface area contributed by atoms with Crippen molar-refractivity contribution in [1.82, 2.24) is 15.4 Å². The van der Waals surface area contributed by atoms with E-state index in [1.807, 2.05) is 0 Å². The highest BCUT2D eigenvalue weighted by molar-refractivity contribution is 7.87. The summed E-state index contributed by atoms with van der Waals surface area (Å²) in [5.41, 5.74) is 0.426. The second-order valence-electron chi connectivity index (χ2n) is 7.79. The van der Waals surface area contributed by atoms with Crippen molar-refractivity contribution < 1.29 is 28.2 Å². The predicted octanol–water partition coefficient (Wildman–Crippen LogP) is 2.22. The Kier molecular flexibility index (Phi) is 5.14. The maximum absolute atomic E-state index is 13.1. The molecule has 2 N–H and O–H groups in total. The Balaban J connectivity index is 1.66. The number of fused-ring (bicyclic) bond motifs is 1. The van der Waals surface area contributed by atoms with E-state index in [4.69, 9.17) is 27.7 Å². The monoisotopic (exact) mass is 485 g/mol. The summed E-state index contributed by atoms with van der Waals surface area (Å²) in [4.78, 5) is 38.5. The number of halogens is 2. The van der Waals surface area contributed by atoms with Crippen LogP contribution in [-0.2, 0) is 20.4 Å². The number of aryl methyl sites for hydroxylation is 1. The van der Waals surface area contributed by atoms with Gasteiger partial charge in [0.25, 0.3) is 5.91 Å². The minimum absolute atomic E-state index is 0.0269. The molecule has 2 aliphatic rings. The fourth-order valence-corrected chi connectivity index (χ4v) is 6.54. The Bertz CT molecular complexity index is 1140. The molecule has 4 rings (SSSR count). The maximum Gasteiger partial charge on any atom is 0.328 e.